The van der Waals surface area contributed by atoms with Crippen molar-refractivity contribution >= 4 is 23.2 Å². The third kappa shape index (κ3) is 3.21. The van der Waals surface area contributed by atoms with Crippen LogP contribution in [0, 0.1) is 0 Å². The van der Waals surface area contributed by atoms with Crippen molar-refractivity contribution in [3.05, 3.63) is 69.7 Å². The van der Waals surface area contributed by atoms with Crippen LogP contribution in [-0.4, -0.2) is 27.7 Å². The van der Waals surface area contributed by atoms with Gasteiger partial charge in [0.15, 0.2) is 0 Å². The van der Waals surface area contributed by atoms with E-state index in [4.69, 9.17) is 23.2 Å². The molecule has 25 heavy (non-hydrogen) atoms. The molecule has 1 N–H and O–H groups in total. The van der Waals surface area contributed by atoms with Gasteiger partial charge in [0, 0.05) is 22.1 Å². The summed E-state index contributed by atoms with van der Waals surface area (Å²) in [4.78, 5) is 2.56. The maximum atomic E-state index is 10.6. The molecule has 2 bridgehead atoms. The van der Waals surface area contributed by atoms with Crippen molar-refractivity contribution < 1.29 is 5.11 Å². The van der Waals surface area contributed by atoms with Gasteiger partial charge in [-0.1, -0.05) is 59.6 Å². The highest BCUT2D eigenvalue weighted by Gasteiger charge is 2.48. The van der Waals surface area contributed by atoms with Crippen molar-refractivity contribution in [2.75, 3.05) is 0 Å². The molecule has 2 fully saturated rings. The molecule has 2 aliphatic rings. The number of hydrogen-bond acceptors (Lipinski definition) is 2. The SMILES string of the molecule is CC1(O)CC2CCC(C1)N2C(c1ccccc1Cl)c1ccccc1Cl. The van der Waals surface area contributed by atoms with E-state index in [-0.39, 0.29) is 6.04 Å². The monoisotopic (exact) mass is 375 g/mol. The van der Waals surface area contributed by atoms with Crippen LogP contribution in [0.4, 0.5) is 0 Å². The zero-order valence-corrected chi connectivity index (χ0v) is 15.8. The Morgan fingerprint density at radius 1 is 0.920 bits per heavy atom. The molecule has 0 amide bonds. The molecular weight excluding hydrogens is 353 g/mol. The summed E-state index contributed by atoms with van der Waals surface area (Å²) in [6.45, 7) is 1.97. The summed E-state index contributed by atoms with van der Waals surface area (Å²) in [6.07, 6.45) is 3.84. The maximum Gasteiger partial charge on any atom is 0.0649 e. The molecule has 2 nitrogen and oxygen atoms in total. The Bertz CT molecular complexity index is 714. The Morgan fingerprint density at radius 3 is 1.80 bits per heavy atom. The fraction of sp³-hybridized carbons (Fsp3) is 0.429. The molecular formula is C21H23Cl2NO. The second-order valence-electron chi connectivity index (χ2n) is 7.68. The molecule has 0 saturated carbocycles. The minimum atomic E-state index is -0.576. The number of aliphatic hydroxyl groups is 1. The molecule has 2 aromatic carbocycles. The largest absolute Gasteiger partial charge is 0.390 e. The lowest BCUT2D eigenvalue weighted by Crippen LogP contribution is -2.51. The van der Waals surface area contributed by atoms with Crippen LogP contribution in [0.25, 0.3) is 0 Å². The Morgan fingerprint density at radius 2 is 1.36 bits per heavy atom. The van der Waals surface area contributed by atoms with Gasteiger partial charge in [-0.15, -0.1) is 0 Å². The summed E-state index contributed by atoms with van der Waals surface area (Å²) in [5.74, 6) is 0. The van der Waals surface area contributed by atoms with E-state index < -0.39 is 5.60 Å². The van der Waals surface area contributed by atoms with E-state index in [9.17, 15) is 5.11 Å². The number of rotatable bonds is 3. The molecule has 4 heteroatoms. The molecule has 0 radical (unpaired) electrons. The van der Waals surface area contributed by atoms with Crippen LogP contribution in [0.2, 0.25) is 10.0 Å². The standard InChI is InChI=1S/C21H23Cl2NO/c1-21(25)12-14-10-11-15(13-21)24(14)20(16-6-2-4-8-18(16)22)17-7-3-5-9-19(17)23/h2-9,14-15,20,25H,10-13H2,1H3. The van der Waals surface area contributed by atoms with Gasteiger partial charge < -0.3 is 5.11 Å². The van der Waals surface area contributed by atoms with E-state index in [2.05, 4.69) is 17.0 Å². The highest BCUT2D eigenvalue weighted by Crippen LogP contribution is 2.48. The average Bonchev–Trinajstić information content (AvgIpc) is 2.83. The lowest BCUT2D eigenvalue weighted by Gasteiger charge is -2.46. The molecule has 132 valence electrons. The maximum absolute atomic E-state index is 10.6. The van der Waals surface area contributed by atoms with Crippen molar-refractivity contribution in [1.29, 1.82) is 0 Å². The summed E-state index contributed by atoms with van der Waals surface area (Å²) < 4.78 is 0. The molecule has 2 aromatic rings. The minimum absolute atomic E-state index is 0.0241. The first kappa shape index (κ1) is 17.4. The molecule has 2 aliphatic heterocycles. The van der Waals surface area contributed by atoms with Crippen LogP contribution in [0.3, 0.4) is 0 Å². The highest BCUT2D eigenvalue weighted by molar-refractivity contribution is 6.32. The van der Waals surface area contributed by atoms with E-state index in [1.54, 1.807) is 0 Å². The van der Waals surface area contributed by atoms with Gasteiger partial charge in [0.25, 0.3) is 0 Å². The summed E-state index contributed by atoms with van der Waals surface area (Å²) in [5, 5.41) is 12.2. The van der Waals surface area contributed by atoms with Gasteiger partial charge in [0.2, 0.25) is 0 Å². The number of piperidine rings is 1. The van der Waals surface area contributed by atoms with E-state index in [0.717, 1.165) is 46.9 Å². The fourth-order valence-electron chi connectivity index (χ4n) is 4.80. The topological polar surface area (TPSA) is 23.5 Å². The van der Waals surface area contributed by atoms with Crippen molar-refractivity contribution in [3.63, 3.8) is 0 Å². The summed E-state index contributed by atoms with van der Waals surface area (Å²) in [6, 6.07) is 16.8. The summed E-state index contributed by atoms with van der Waals surface area (Å²) in [5.41, 5.74) is 1.61. The molecule has 0 aliphatic carbocycles. The van der Waals surface area contributed by atoms with Crippen LogP contribution < -0.4 is 0 Å². The van der Waals surface area contributed by atoms with Crippen molar-refractivity contribution in [2.45, 2.75) is 56.3 Å². The third-order valence-electron chi connectivity index (χ3n) is 5.72. The average molecular weight is 376 g/mol. The third-order valence-corrected chi connectivity index (χ3v) is 6.41. The van der Waals surface area contributed by atoms with Crippen LogP contribution in [0.5, 0.6) is 0 Å². The molecule has 2 atom stereocenters. The normalized spacial score (nSPS) is 29.3. The number of hydrogen-bond donors (Lipinski definition) is 1. The summed E-state index contributed by atoms with van der Waals surface area (Å²) in [7, 11) is 0. The van der Waals surface area contributed by atoms with Crippen LogP contribution in [-0.2, 0) is 0 Å². The van der Waals surface area contributed by atoms with Crippen LogP contribution in [0.1, 0.15) is 49.8 Å². The van der Waals surface area contributed by atoms with Crippen LogP contribution >= 0.6 is 23.2 Å². The van der Waals surface area contributed by atoms with Gasteiger partial charge >= 0.3 is 0 Å². The lowest BCUT2D eigenvalue weighted by molar-refractivity contribution is -0.0482. The van der Waals surface area contributed by atoms with E-state index in [1.165, 1.54) is 0 Å². The quantitative estimate of drug-likeness (QED) is 0.769. The fourth-order valence-corrected chi connectivity index (χ4v) is 5.28. The van der Waals surface area contributed by atoms with Crippen molar-refractivity contribution in [1.82, 2.24) is 4.90 Å². The lowest BCUT2D eigenvalue weighted by atomic mass is 9.84. The zero-order valence-electron chi connectivity index (χ0n) is 14.3. The molecule has 0 aromatic heterocycles. The molecule has 2 unspecified atom stereocenters. The van der Waals surface area contributed by atoms with E-state index in [1.807, 2.05) is 43.3 Å². The summed E-state index contributed by atoms with van der Waals surface area (Å²) >= 11 is 13.2. The van der Waals surface area contributed by atoms with Gasteiger partial charge in [-0.2, -0.15) is 0 Å². The Kier molecular flexibility index (Phi) is 4.57. The molecule has 2 saturated heterocycles. The Hall–Kier alpha value is -1.06. The molecule has 4 rings (SSSR count). The van der Waals surface area contributed by atoms with Crippen molar-refractivity contribution in [3.8, 4) is 0 Å². The van der Waals surface area contributed by atoms with Crippen molar-refractivity contribution in [2.24, 2.45) is 0 Å². The van der Waals surface area contributed by atoms with Gasteiger partial charge in [0.1, 0.15) is 0 Å². The predicted octanol–water partition coefficient (Wildman–Crippen LogP) is 5.46. The first-order valence-electron chi connectivity index (χ1n) is 8.95. The van der Waals surface area contributed by atoms with Gasteiger partial charge in [0.05, 0.1) is 11.6 Å². The number of benzene rings is 2. The van der Waals surface area contributed by atoms with E-state index >= 15 is 0 Å². The Balaban J connectivity index is 1.83. The Labute approximate surface area is 159 Å². The van der Waals surface area contributed by atoms with Gasteiger partial charge in [-0.3, -0.25) is 4.90 Å². The first-order valence-corrected chi connectivity index (χ1v) is 9.70. The van der Waals surface area contributed by atoms with E-state index in [0.29, 0.717) is 12.1 Å². The second-order valence-corrected chi connectivity index (χ2v) is 8.50. The molecule has 2 heterocycles. The number of halogens is 2. The van der Waals surface area contributed by atoms with Gasteiger partial charge in [-0.25, -0.2) is 0 Å². The number of nitrogens with zero attached hydrogens (tertiary/aromatic N) is 1. The smallest absolute Gasteiger partial charge is 0.0649 e. The second kappa shape index (κ2) is 6.59. The zero-order chi connectivity index (χ0) is 17.6. The van der Waals surface area contributed by atoms with Gasteiger partial charge in [-0.05, 0) is 55.9 Å². The number of fused-ring (bicyclic) bond motifs is 2. The highest BCUT2D eigenvalue weighted by atomic mass is 35.5. The van der Waals surface area contributed by atoms with Crippen LogP contribution in [0.15, 0.2) is 48.5 Å². The first-order chi connectivity index (χ1) is 12.0. The molecule has 0 spiro atoms. The minimum Gasteiger partial charge on any atom is -0.390 e. The predicted molar refractivity (Wildman–Crippen MR) is 103 cm³/mol.